The van der Waals surface area contributed by atoms with E-state index in [0.29, 0.717) is 17.1 Å². The van der Waals surface area contributed by atoms with Crippen molar-refractivity contribution in [2.24, 2.45) is 0 Å². The molecular formula is C17H13BrN2O6. The number of nitrogens with one attached hydrogen (secondary N) is 2. The molecule has 0 saturated carbocycles. The summed E-state index contributed by atoms with van der Waals surface area (Å²) >= 11 is 3.26. The lowest BCUT2D eigenvalue weighted by molar-refractivity contribution is -0.125. The Balaban J connectivity index is 1.45. The predicted molar refractivity (Wildman–Crippen MR) is 92.6 cm³/mol. The molecule has 0 aliphatic carbocycles. The smallest absolute Gasteiger partial charge is 0.338 e. The topological polar surface area (TPSA) is 103 Å². The lowest BCUT2D eigenvalue weighted by Crippen LogP contribution is -2.43. The van der Waals surface area contributed by atoms with E-state index in [2.05, 4.69) is 26.8 Å². The highest BCUT2D eigenvalue weighted by molar-refractivity contribution is 9.10. The average molecular weight is 421 g/mol. The van der Waals surface area contributed by atoms with E-state index in [1.807, 2.05) is 0 Å². The lowest BCUT2D eigenvalue weighted by atomic mass is 10.2. The summed E-state index contributed by atoms with van der Waals surface area (Å²) in [6, 6.07) is 11.1. The number of carbonyl (C=O) groups excluding carboxylic acids is 3. The van der Waals surface area contributed by atoms with Gasteiger partial charge in [-0.05, 0) is 42.5 Å². The molecule has 1 aliphatic heterocycles. The number of ether oxygens (including phenoxy) is 3. The summed E-state index contributed by atoms with van der Waals surface area (Å²) < 4.78 is 16.0. The summed E-state index contributed by atoms with van der Waals surface area (Å²) in [6.45, 7) is -0.456. The third kappa shape index (κ3) is 4.31. The van der Waals surface area contributed by atoms with Gasteiger partial charge in [-0.2, -0.15) is 0 Å². The van der Waals surface area contributed by atoms with Gasteiger partial charge in [0.2, 0.25) is 6.79 Å². The quantitative estimate of drug-likeness (QED) is 0.577. The maximum absolute atomic E-state index is 12.0. The molecule has 0 aromatic heterocycles. The van der Waals surface area contributed by atoms with Crippen LogP contribution in [0.25, 0.3) is 0 Å². The Bertz CT molecular complexity index is 853. The van der Waals surface area contributed by atoms with E-state index < -0.39 is 24.4 Å². The number of fused-ring (bicyclic) bond motifs is 1. The van der Waals surface area contributed by atoms with Gasteiger partial charge in [-0.25, -0.2) is 4.79 Å². The highest BCUT2D eigenvalue weighted by atomic mass is 79.9. The van der Waals surface area contributed by atoms with Gasteiger partial charge in [-0.3, -0.25) is 20.4 Å². The molecule has 1 aliphatic rings. The van der Waals surface area contributed by atoms with Crippen LogP contribution in [-0.2, 0) is 9.53 Å². The van der Waals surface area contributed by atoms with Gasteiger partial charge in [0.05, 0.1) is 5.56 Å². The number of carbonyl (C=O) groups is 3. The van der Waals surface area contributed by atoms with E-state index in [-0.39, 0.29) is 12.4 Å². The first-order valence-electron chi connectivity index (χ1n) is 7.44. The van der Waals surface area contributed by atoms with Gasteiger partial charge in [0.15, 0.2) is 18.1 Å². The average Bonchev–Trinajstić information content (AvgIpc) is 3.12. The molecule has 0 radical (unpaired) electrons. The van der Waals surface area contributed by atoms with Crippen molar-refractivity contribution in [1.29, 1.82) is 0 Å². The van der Waals surface area contributed by atoms with Crippen LogP contribution in [0.3, 0.4) is 0 Å². The largest absolute Gasteiger partial charge is 0.454 e. The number of hydrogen-bond donors (Lipinski definition) is 2. The fourth-order valence-corrected chi connectivity index (χ4v) is 2.34. The fraction of sp³-hybridized carbons (Fsp3) is 0.118. The first-order chi connectivity index (χ1) is 12.5. The van der Waals surface area contributed by atoms with E-state index in [0.717, 1.165) is 4.47 Å². The monoisotopic (exact) mass is 420 g/mol. The van der Waals surface area contributed by atoms with Crippen molar-refractivity contribution in [3.63, 3.8) is 0 Å². The number of amides is 2. The molecule has 2 N–H and O–H groups in total. The number of esters is 1. The third-order valence-corrected chi connectivity index (χ3v) is 3.89. The van der Waals surface area contributed by atoms with Crippen LogP contribution >= 0.6 is 15.9 Å². The standard InChI is InChI=1S/C17H13BrN2O6/c18-12-4-1-10(2-5-12)16(22)20-19-15(21)8-24-17(23)11-3-6-13-14(7-11)26-9-25-13/h1-7H,8-9H2,(H,19,21)(H,20,22). The molecule has 0 spiro atoms. The van der Waals surface area contributed by atoms with Crippen molar-refractivity contribution >= 4 is 33.7 Å². The molecule has 0 fully saturated rings. The van der Waals surface area contributed by atoms with Gasteiger partial charge < -0.3 is 14.2 Å². The second kappa shape index (κ2) is 7.87. The lowest BCUT2D eigenvalue weighted by Gasteiger charge is -2.08. The van der Waals surface area contributed by atoms with Crippen LogP contribution in [0, 0.1) is 0 Å². The first-order valence-corrected chi connectivity index (χ1v) is 8.24. The summed E-state index contributed by atoms with van der Waals surface area (Å²) in [4.78, 5) is 35.5. The molecule has 134 valence electrons. The van der Waals surface area contributed by atoms with Gasteiger partial charge >= 0.3 is 5.97 Å². The minimum Gasteiger partial charge on any atom is -0.454 e. The normalized spacial score (nSPS) is 11.6. The van der Waals surface area contributed by atoms with Crippen molar-refractivity contribution in [3.05, 3.63) is 58.1 Å². The van der Waals surface area contributed by atoms with Gasteiger partial charge in [0, 0.05) is 10.0 Å². The Hall–Kier alpha value is -3.07. The molecule has 0 bridgehead atoms. The Labute approximate surface area is 156 Å². The van der Waals surface area contributed by atoms with Crippen molar-refractivity contribution < 1.29 is 28.6 Å². The van der Waals surface area contributed by atoms with Crippen LogP contribution in [0.5, 0.6) is 11.5 Å². The molecule has 2 aromatic carbocycles. The summed E-state index contributed by atoms with van der Waals surface area (Å²) in [5.41, 5.74) is 5.00. The number of benzene rings is 2. The molecule has 3 rings (SSSR count). The molecule has 9 heteroatoms. The minimum absolute atomic E-state index is 0.0916. The summed E-state index contributed by atoms with van der Waals surface area (Å²) in [6.07, 6.45) is 0. The van der Waals surface area contributed by atoms with Crippen molar-refractivity contribution in [1.82, 2.24) is 10.9 Å². The van der Waals surface area contributed by atoms with Crippen molar-refractivity contribution in [2.45, 2.75) is 0 Å². The van der Waals surface area contributed by atoms with Crippen LogP contribution < -0.4 is 20.3 Å². The second-order valence-electron chi connectivity index (χ2n) is 5.15. The molecule has 2 aromatic rings. The SMILES string of the molecule is O=C(COC(=O)c1ccc2c(c1)OCO2)NNC(=O)c1ccc(Br)cc1. The fourth-order valence-electron chi connectivity index (χ4n) is 2.07. The maximum atomic E-state index is 12.0. The predicted octanol–water partition coefficient (Wildman–Crippen LogP) is 1.80. The van der Waals surface area contributed by atoms with Crippen LogP contribution in [0.2, 0.25) is 0 Å². The van der Waals surface area contributed by atoms with E-state index >= 15 is 0 Å². The van der Waals surface area contributed by atoms with Crippen molar-refractivity contribution in [3.8, 4) is 11.5 Å². The first kappa shape index (κ1) is 17.7. The molecule has 1 heterocycles. The van der Waals surface area contributed by atoms with Gasteiger partial charge in [-0.15, -0.1) is 0 Å². The highest BCUT2D eigenvalue weighted by Crippen LogP contribution is 2.32. The summed E-state index contributed by atoms with van der Waals surface area (Å²) in [5, 5.41) is 0. The molecule has 0 atom stereocenters. The third-order valence-electron chi connectivity index (χ3n) is 3.36. The Morgan fingerprint density at radius 2 is 1.65 bits per heavy atom. The Kier molecular flexibility index (Phi) is 5.37. The molecule has 2 amide bonds. The number of hydrazine groups is 1. The second-order valence-corrected chi connectivity index (χ2v) is 6.07. The van der Waals surface area contributed by atoms with Crippen LogP contribution in [0.4, 0.5) is 0 Å². The zero-order valence-corrected chi connectivity index (χ0v) is 14.9. The molecular weight excluding hydrogens is 408 g/mol. The van der Waals surface area contributed by atoms with Gasteiger partial charge in [0.25, 0.3) is 11.8 Å². The summed E-state index contributed by atoms with van der Waals surface area (Å²) in [5.74, 6) is -0.893. The minimum atomic E-state index is -0.697. The molecule has 0 saturated heterocycles. The van der Waals surface area contributed by atoms with E-state index in [4.69, 9.17) is 14.2 Å². The van der Waals surface area contributed by atoms with Crippen molar-refractivity contribution in [2.75, 3.05) is 13.4 Å². The van der Waals surface area contributed by atoms with Crippen LogP contribution in [-0.4, -0.2) is 31.2 Å². The summed E-state index contributed by atoms with van der Waals surface area (Å²) in [7, 11) is 0. The van der Waals surface area contributed by atoms with Gasteiger partial charge in [-0.1, -0.05) is 15.9 Å². The Morgan fingerprint density at radius 3 is 2.42 bits per heavy atom. The maximum Gasteiger partial charge on any atom is 0.338 e. The zero-order chi connectivity index (χ0) is 18.5. The Morgan fingerprint density at radius 1 is 0.962 bits per heavy atom. The number of rotatable bonds is 4. The zero-order valence-electron chi connectivity index (χ0n) is 13.3. The van der Waals surface area contributed by atoms with Gasteiger partial charge in [0.1, 0.15) is 0 Å². The molecule has 0 unspecified atom stereocenters. The number of hydrogen-bond acceptors (Lipinski definition) is 6. The van der Waals surface area contributed by atoms with Crippen LogP contribution in [0.1, 0.15) is 20.7 Å². The molecule has 26 heavy (non-hydrogen) atoms. The number of halogens is 1. The molecule has 8 nitrogen and oxygen atoms in total. The highest BCUT2D eigenvalue weighted by Gasteiger charge is 2.17. The van der Waals surface area contributed by atoms with E-state index in [1.54, 1.807) is 30.3 Å². The van der Waals surface area contributed by atoms with E-state index in [9.17, 15) is 14.4 Å². The van der Waals surface area contributed by atoms with E-state index in [1.165, 1.54) is 12.1 Å². The van der Waals surface area contributed by atoms with Crippen LogP contribution in [0.15, 0.2) is 46.9 Å².